The first kappa shape index (κ1) is 20.4. The second kappa shape index (κ2) is 7.92. The summed E-state index contributed by atoms with van der Waals surface area (Å²) < 4.78 is 10.6. The van der Waals surface area contributed by atoms with Crippen LogP contribution < -0.4 is 5.32 Å². The molecule has 1 rings (SSSR count). The molecule has 0 aliphatic carbocycles. The van der Waals surface area contributed by atoms with Crippen LogP contribution in [0.2, 0.25) is 0 Å². The molecule has 0 saturated carbocycles. The van der Waals surface area contributed by atoms with Crippen LogP contribution in [0.3, 0.4) is 0 Å². The Morgan fingerprint density at radius 2 is 1.50 bits per heavy atom. The zero-order valence-electron chi connectivity index (χ0n) is 15.2. The van der Waals surface area contributed by atoms with Crippen molar-refractivity contribution in [3.8, 4) is 0 Å². The van der Waals surface area contributed by atoms with Gasteiger partial charge in [0.1, 0.15) is 17.2 Å². The van der Waals surface area contributed by atoms with Crippen LogP contribution in [0.5, 0.6) is 0 Å². The number of nitrogens with one attached hydrogen (secondary N) is 1. The summed E-state index contributed by atoms with van der Waals surface area (Å²) in [6.07, 6.45) is -0.341. The summed E-state index contributed by atoms with van der Waals surface area (Å²) in [5, 5.41) is 2.60. The minimum atomic E-state index is -0.829. The quantitative estimate of drug-likeness (QED) is 0.639. The smallest absolute Gasteiger partial charge is 0.408 e. The number of hydrogen-bond acceptors (Lipinski definition) is 5. The summed E-state index contributed by atoms with van der Waals surface area (Å²) in [7, 11) is 0. The van der Waals surface area contributed by atoms with E-state index in [4.69, 9.17) is 9.47 Å². The molecule has 1 amide bonds. The molecule has 0 radical (unpaired) electrons. The molecule has 0 unspecified atom stereocenters. The molecule has 5 nitrogen and oxygen atoms in total. The van der Waals surface area contributed by atoms with Crippen LogP contribution in [0.15, 0.2) is 29.2 Å². The predicted octanol–water partition coefficient (Wildman–Crippen LogP) is 3.75. The van der Waals surface area contributed by atoms with Crippen molar-refractivity contribution < 1.29 is 19.1 Å². The van der Waals surface area contributed by atoms with E-state index in [0.29, 0.717) is 6.42 Å². The van der Waals surface area contributed by atoms with Crippen molar-refractivity contribution in [3.05, 3.63) is 29.8 Å². The third kappa shape index (κ3) is 8.24. The van der Waals surface area contributed by atoms with Crippen molar-refractivity contribution in [1.29, 1.82) is 0 Å². The van der Waals surface area contributed by atoms with Crippen molar-refractivity contribution in [2.45, 2.75) is 70.1 Å². The first-order chi connectivity index (χ1) is 10.9. The number of carbonyl (C=O) groups is 2. The van der Waals surface area contributed by atoms with Crippen molar-refractivity contribution in [1.82, 2.24) is 5.32 Å². The summed E-state index contributed by atoms with van der Waals surface area (Å²) in [6, 6.07) is 6.55. The maximum absolute atomic E-state index is 12.4. The number of amides is 1. The highest BCUT2D eigenvalue weighted by atomic mass is 32.1. The van der Waals surface area contributed by atoms with E-state index >= 15 is 0 Å². The molecule has 134 valence electrons. The Kier molecular flexibility index (Phi) is 6.72. The summed E-state index contributed by atoms with van der Waals surface area (Å²) in [5.74, 6) is -0.497. The average Bonchev–Trinajstić information content (AvgIpc) is 2.36. The van der Waals surface area contributed by atoms with Gasteiger partial charge in [-0.15, -0.1) is 12.6 Å². The molecule has 6 heteroatoms. The molecule has 0 aliphatic rings. The highest BCUT2D eigenvalue weighted by molar-refractivity contribution is 7.80. The van der Waals surface area contributed by atoms with Gasteiger partial charge < -0.3 is 14.8 Å². The van der Waals surface area contributed by atoms with Crippen LogP contribution in [0.25, 0.3) is 0 Å². The highest BCUT2D eigenvalue weighted by Gasteiger charge is 2.28. The van der Waals surface area contributed by atoms with Crippen LogP contribution in [-0.2, 0) is 20.7 Å². The lowest BCUT2D eigenvalue weighted by atomic mass is 10.1. The Bertz CT molecular complexity index is 570. The summed E-state index contributed by atoms with van der Waals surface area (Å²) in [4.78, 5) is 25.3. The standard InChI is InChI=1S/C18H27NO4S/c1-17(2,3)22-15(20)14(19-16(21)23-18(4,5)6)11-12-7-9-13(24)10-8-12/h7-10,14,24H,11H2,1-6H3,(H,19,21)/t14-/m0/s1. The van der Waals surface area contributed by atoms with E-state index in [0.717, 1.165) is 10.5 Å². The van der Waals surface area contributed by atoms with Gasteiger partial charge in [-0.05, 0) is 59.2 Å². The van der Waals surface area contributed by atoms with Crippen LogP contribution in [0, 0.1) is 0 Å². The molecule has 1 aromatic rings. The molecule has 1 aromatic carbocycles. The maximum Gasteiger partial charge on any atom is 0.408 e. The van der Waals surface area contributed by atoms with Gasteiger partial charge in [-0.3, -0.25) is 0 Å². The SMILES string of the molecule is CC(C)(C)OC(=O)N[C@@H](Cc1ccc(S)cc1)C(=O)OC(C)(C)C. The van der Waals surface area contributed by atoms with Crippen LogP contribution in [-0.4, -0.2) is 29.3 Å². The molecular formula is C18H27NO4S. The van der Waals surface area contributed by atoms with E-state index in [1.165, 1.54) is 0 Å². The number of ether oxygens (including phenoxy) is 2. The molecule has 0 aliphatic heterocycles. The van der Waals surface area contributed by atoms with Crippen LogP contribution in [0.1, 0.15) is 47.1 Å². The molecule has 0 heterocycles. The fraction of sp³-hybridized carbons (Fsp3) is 0.556. The van der Waals surface area contributed by atoms with Crippen molar-refractivity contribution in [2.24, 2.45) is 0 Å². The fourth-order valence-electron chi connectivity index (χ4n) is 1.88. The predicted molar refractivity (Wildman–Crippen MR) is 96.4 cm³/mol. The summed E-state index contributed by atoms with van der Waals surface area (Å²) in [5.41, 5.74) is -0.393. The Morgan fingerprint density at radius 1 is 1.00 bits per heavy atom. The van der Waals surface area contributed by atoms with Crippen molar-refractivity contribution >= 4 is 24.7 Å². The van der Waals surface area contributed by atoms with Gasteiger partial charge in [0.15, 0.2) is 0 Å². The van der Waals surface area contributed by atoms with E-state index in [2.05, 4.69) is 17.9 Å². The molecule has 24 heavy (non-hydrogen) atoms. The zero-order valence-corrected chi connectivity index (χ0v) is 16.1. The number of carbonyl (C=O) groups excluding carboxylic acids is 2. The van der Waals surface area contributed by atoms with E-state index in [-0.39, 0.29) is 0 Å². The van der Waals surface area contributed by atoms with Gasteiger partial charge in [-0.2, -0.15) is 0 Å². The van der Waals surface area contributed by atoms with E-state index in [1.807, 2.05) is 24.3 Å². The highest BCUT2D eigenvalue weighted by Crippen LogP contribution is 2.14. The van der Waals surface area contributed by atoms with Gasteiger partial charge in [0.25, 0.3) is 0 Å². The topological polar surface area (TPSA) is 64.6 Å². The van der Waals surface area contributed by atoms with Crippen LogP contribution in [0.4, 0.5) is 4.79 Å². The monoisotopic (exact) mass is 353 g/mol. The molecule has 1 atom stereocenters. The Hall–Kier alpha value is -1.69. The fourth-order valence-corrected chi connectivity index (χ4v) is 2.03. The van der Waals surface area contributed by atoms with Gasteiger partial charge in [0.2, 0.25) is 0 Å². The number of benzene rings is 1. The molecular weight excluding hydrogens is 326 g/mol. The summed E-state index contributed by atoms with van der Waals surface area (Å²) in [6.45, 7) is 10.6. The van der Waals surface area contributed by atoms with Gasteiger partial charge >= 0.3 is 12.1 Å². The van der Waals surface area contributed by atoms with Gasteiger partial charge in [0.05, 0.1) is 0 Å². The van der Waals surface area contributed by atoms with Crippen LogP contribution >= 0.6 is 12.6 Å². The first-order valence-electron chi connectivity index (χ1n) is 7.86. The Balaban J connectivity index is 2.88. The Morgan fingerprint density at radius 3 is 1.96 bits per heavy atom. The second-order valence-electron chi connectivity index (χ2n) is 7.60. The third-order valence-electron chi connectivity index (χ3n) is 2.76. The lowest BCUT2D eigenvalue weighted by Crippen LogP contribution is -2.47. The van der Waals surface area contributed by atoms with Gasteiger partial charge in [0, 0.05) is 11.3 Å². The minimum absolute atomic E-state index is 0.308. The number of hydrogen-bond donors (Lipinski definition) is 2. The molecule has 0 fully saturated rings. The van der Waals surface area contributed by atoms with Crippen molar-refractivity contribution in [3.63, 3.8) is 0 Å². The average molecular weight is 353 g/mol. The molecule has 0 saturated heterocycles. The normalized spacial score (nSPS) is 13.1. The van der Waals surface area contributed by atoms with Gasteiger partial charge in [-0.1, -0.05) is 12.1 Å². The van der Waals surface area contributed by atoms with E-state index in [9.17, 15) is 9.59 Å². The number of esters is 1. The minimum Gasteiger partial charge on any atom is -0.458 e. The largest absolute Gasteiger partial charge is 0.458 e. The molecule has 0 aromatic heterocycles. The maximum atomic E-state index is 12.4. The second-order valence-corrected chi connectivity index (χ2v) is 8.12. The van der Waals surface area contributed by atoms with E-state index < -0.39 is 29.3 Å². The third-order valence-corrected chi connectivity index (χ3v) is 3.06. The number of rotatable bonds is 4. The summed E-state index contributed by atoms with van der Waals surface area (Å²) >= 11 is 4.24. The lowest BCUT2D eigenvalue weighted by Gasteiger charge is -2.26. The first-order valence-corrected chi connectivity index (χ1v) is 8.31. The molecule has 0 spiro atoms. The van der Waals surface area contributed by atoms with Gasteiger partial charge in [-0.25, -0.2) is 9.59 Å². The number of alkyl carbamates (subject to hydrolysis) is 1. The number of thiol groups is 1. The van der Waals surface area contributed by atoms with Crippen molar-refractivity contribution in [2.75, 3.05) is 0 Å². The Labute approximate surface area is 149 Å². The molecule has 0 bridgehead atoms. The van der Waals surface area contributed by atoms with E-state index in [1.54, 1.807) is 41.5 Å². The lowest BCUT2D eigenvalue weighted by molar-refractivity contribution is -0.157. The molecule has 1 N–H and O–H groups in total. The zero-order chi connectivity index (χ0) is 18.5.